The molecule has 0 amide bonds. The number of benzene rings is 1. The normalized spacial score (nSPS) is 10.9. The maximum absolute atomic E-state index is 11.2. The van der Waals surface area contributed by atoms with Crippen LogP contribution in [0.2, 0.25) is 0 Å². The number of carbonyl (C=O) groups is 1. The highest BCUT2D eigenvalue weighted by Gasteiger charge is 2.23. The molecule has 0 radical (unpaired) electrons. The van der Waals surface area contributed by atoms with Crippen molar-refractivity contribution in [3.63, 3.8) is 0 Å². The maximum Gasteiger partial charge on any atom is 0.341 e. The minimum absolute atomic E-state index is 0.0709. The number of carboxylic acid groups (broad SMARTS) is 1. The summed E-state index contributed by atoms with van der Waals surface area (Å²) < 4.78 is 10.3. The lowest BCUT2D eigenvalue weighted by Crippen LogP contribution is -1.98. The predicted molar refractivity (Wildman–Crippen MR) is 63.4 cm³/mol. The number of para-hydroxylation sites is 1. The molecular formula is C13H9NO4. The molecule has 1 aromatic carbocycles. The molecule has 2 heterocycles. The first-order valence-corrected chi connectivity index (χ1v) is 5.34. The minimum Gasteiger partial charge on any atom is -0.477 e. The van der Waals surface area contributed by atoms with E-state index in [1.165, 1.54) is 6.26 Å². The lowest BCUT2D eigenvalue weighted by atomic mass is 10.1. The van der Waals surface area contributed by atoms with E-state index in [2.05, 4.69) is 5.16 Å². The highest BCUT2D eigenvalue weighted by molar-refractivity contribution is 6.01. The Kier molecular flexibility index (Phi) is 2.19. The van der Waals surface area contributed by atoms with E-state index in [-0.39, 0.29) is 11.3 Å². The van der Waals surface area contributed by atoms with Crippen LogP contribution in [0.3, 0.4) is 0 Å². The number of aromatic carboxylic acids is 1. The largest absolute Gasteiger partial charge is 0.477 e. The number of carboxylic acids is 1. The molecule has 2 aromatic heterocycles. The van der Waals surface area contributed by atoms with E-state index in [0.717, 1.165) is 5.39 Å². The zero-order valence-corrected chi connectivity index (χ0v) is 9.51. The molecule has 0 fully saturated rings. The van der Waals surface area contributed by atoms with Gasteiger partial charge >= 0.3 is 5.97 Å². The van der Waals surface area contributed by atoms with Gasteiger partial charge in [-0.25, -0.2) is 4.79 Å². The van der Waals surface area contributed by atoms with E-state index in [1.54, 1.807) is 6.92 Å². The van der Waals surface area contributed by atoms with Crippen molar-refractivity contribution in [1.82, 2.24) is 5.16 Å². The number of hydrogen-bond acceptors (Lipinski definition) is 4. The average Bonchev–Trinajstić information content (AvgIpc) is 2.92. The summed E-state index contributed by atoms with van der Waals surface area (Å²) in [7, 11) is 0. The van der Waals surface area contributed by atoms with Crippen LogP contribution in [0.4, 0.5) is 0 Å². The van der Waals surface area contributed by atoms with Crippen LogP contribution < -0.4 is 0 Å². The van der Waals surface area contributed by atoms with E-state index in [0.29, 0.717) is 16.8 Å². The number of aryl methyl sites for hydroxylation is 1. The summed E-state index contributed by atoms with van der Waals surface area (Å²) in [5, 5.41) is 13.8. The second-order valence-electron chi connectivity index (χ2n) is 3.91. The Morgan fingerprint density at radius 1 is 1.33 bits per heavy atom. The Morgan fingerprint density at radius 3 is 2.89 bits per heavy atom. The summed E-state index contributed by atoms with van der Waals surface area (Å²) in [6.45, 7) is 1.57. The van der Waals surface area contributed by atoms with Crippen LogP contribution in [0.1, 0.15) is 16.1 Å². The molecule has 3 rings (SSSR count). The molecule has 90 valence electrons. The van der Waals surface area contributed by atoms with Crippen molar-refractivity contribution in [2.24, 2.45) is 0 Å². The number of furan rings is 1. The highest BCUT2D eigenvalue weighted by atomic mass is 16.5. The van der Waals surface area contributed by atoms with Gasteiger partial charge in [-0.3, -0.25) is 0 Å². The van der Waals surface area contributed by atoms with Gasteiger partial charge in [0.1, 0.15) is 28.9 Å². The SMILES string of the molecule is Cc1onc(-c2coc3ccccc23)c1C(=O)O. The Bertz CT molecular complexity index is 738. The Balaban J connectivity index is 2.30. The van der Waals surface area contributed by atoms with Gasteiger partial charge in [-0.15, -0.1) is 0 Å². The molecule has 0 aliphatic rings. The number of fused-ring (bicyclic) bond motifs is 1. The Labute approximate surface area is 102 Å². The highest BCUT2D eigenvalue weighted by Crippen LogP contribution is 2.32. The molecule has 0 unspecified atom stereocenters. The summed E-state index contributed by atoms with van der Waals surface area (Å²) in [4.78, 5) is 11.2. The predicted octanol–water partition coefficient (Wildman–Crippen LogP) is 3.09. The van der Waals surface area contributed by atoms with E-state index in [9.17, 15) is 9.90 Å². The molecule has 0 aliphatic carbocycles. The van der Waals surface area contributed by atoms with Crippen molar-refractivity contribution in [2.75, 3.05) is 0 Å². The van der Waals surface area contributed by atoms with Crippen molar-refractivity contribution in [2.45, 2.75) is 6.92 Å². The topological polar surface area (TPSA) is 76.5 Å². The van der Waals surface area contributed by atoms with Crippen molar-refractivity contribution >= 4 is 16.9 Å². The van der Waals surface area contributed by atoms with Crippen LogP contribution in [0, 0.1) is 6.92 Å². The second kappa shape index (κ2) is 3.73. The third kappa shape index (κ3) is 1.41. The van der Waals surface area contributed by atoms with Crippen LogP contribution in [0.5, 0.6) is 0 Å². The van der Waals surface area contributed by atoms with Gasteiger partial charge in [-0.2, -0.15) is 0 Å². The van der Waals surface area contributed by atoms with Crippen LogP contribution in [0.25, 0.3) is 22.2 Å². The van der Waals surface area contributed by atoms with Gasteiger partial charge in [-0.1, -0.05) is 23.4 Å². The van der Waals surface area contributed by atoms with Crippen LogP contribution in [-0.4, -0.2) is 16.2 Å². The fraction of sp³-hybridized carbons (Fsp3) is 0.0769. The molecule has 0 aliphatic heterocycles. The average molecular weight is 243 g/mol. The molecule has 0 saturated heterocycles. The maximum atomic E-state index is 11.2. The van der Waals surface area contributed by atoms with Gasteiger partial charge in [0.25, 0.3) is 0 Å². The molecule has 0 spiro atoms. The van der Waals surface area contributed by atoms with E-state index < -0.39 is 5.97 Å². The van der Waals surface area contributed by atoms with Gasteiger partial charge in [0.05, 0.1) is 5.56 Å². The lowest BCUT2D eigenvalue weighted by molar-refractivity contribution is 0.0696. The molecule has 18 heavy (non-hydrogen) atoms. The zero-order valence-electron chi connectivity index (χ0n) is 9.51. The second-order valence-corrected chi connectivity index (χ2v) is 3.91. The lowest BCUT2D eigenvalue weighted by Gasteiger charge is -1.94. The summed E-state index contributed by atoms with van der Waals surface area (Å²) in [5.74, 6) is -0.781. The molecule has 0 saturated carbocycles. The van der Waals surface area contributed by atoms with Gasteiger partial charge < -0.3 is 14.0 Å². The van der Waals surface area contributed by atoms with Gasteiger partial charge in [0.15, 0.2) is 0 Å². The molecule has 5 heteroatoms. The van der Waals surface area contributed by atoms with Crippen LogP contribution >= 0.6 is 0 Å². The van der Waals surface area contributed by atoms with Crippen LogP contribution in [0.15, 0.2) is 39.5 Å². The van der Waals surface area contributed by atoms with E-state index >= 15 is 0 Å². The number of nitrogens with zero attached hydrogens (tertiary/aromatic N) is 1. The Hall–Kier alpha value is -2.56. The summed E-state index contributed by atoms with van der Waals surface area (Å²) in [5.41, 5.74) is 1.68. The molecule has 5 nitrogen and oxygen atoms in total. The minimum atomic E-state index is -1.06. The molecule has 1 N–H and O–H groups in total. The van der Waals surface area contributed by atoms with Crippen LogP contribution in [-0.2, 0) is 0 Å². The fourth-order valence-electron chi connectivity index (χ4n) is 1.97. The summed E-state index contributed by atoms with van der Waals surface area (Å²) in [6.07, 6.45) is 1.49. The molecule has 3 aromatic rings. The first-order chi connectivity index (χ1) is 8.68. The smallest absolute Gasteiger partial charge is 0.341 e. The van der Waals surface area contributed by atoms with E-state index in [4.69, 9.17) is 8.94 Å². The zero-order chi connectivity index (χ0) is 12.7. The standard InChI is InChI=1S/C13H9NO4/c1-7-11(13(15)16)12(14-18-7)9-6-17-10-5-3-2-4-8(9)10/h2-6H,1H3,(H,15,16). The van der Waals surface area contributed by atoms with Crippen molar-refractivity contribution in [1.29, 1.82) is 0 Å². The van der Waals surface area contributed by atoms with Gasteiger partial charge in [0, 0.05) is 5.39 Å². The van der Waals surface area contributed by atoms with Crippen molar-refractivity contribution in [3.05, 3.63) is 41.9 Å². The number of hydrogen-bond donors (Lipinski definition) is 1. The molecule has 0 bridgehead atoms. The quantitative estimate of drug-likeness (QED) is 0.748. The summed E-state index contributed by atoms with van der Waals surface area (Å²) in [6, 6.07) is 7.37. The van der Waals surface area contributed by atoms with Gasteiger partial charge in [0.2, 0.25) is 0 Å². The molecule has 0 atom stereocenters. The Morgan fingerprint density at radius 2 is 2.11 bits per heavy atom. The van der Waals surface area contributed by atoms with E-state index in [1.807, 2.05) is 24.3 Å². The number of rotatable bonds is 2. The first kappa shape index (κ1) is 10.6. The first-order valence-electron chi connectivity index (χ1n) is 5.34. The third-order valence-electron chi connectivity index (χ3n) is 2.81. The van der Waals surface area contributed by atoms with Crippen molar-refractivity contribution < 1.29 is 18.8 Å². The number of aromatic nitrogens is 1. The summed E-state index contributed by atoms with van der Waals surface area (Å²) >= 11 is 0. The van der Waals surface area contributed by atoms with Gasteiger partial charge in [-0.05, 0) is 13.0 Å². The molecular weight excluding hydrogens is 234 g/mol. The monoisotopic (exact) mass is 243 g/mol. The fourth-order valence-corrected chi connectivity index (χ4v) is 1.97. The third-order valence-corrected chi connectivity index (χ3v) is 2.81. The van der Waals surface area contributed by atoms with Crippen molar-refractivity contribution in [3.8, 4) is 11.3 Å².